The molecule has 3 aromatic carbocycles. The van der Waals surface area contributed by atoms with E-state index in [-0.39, 0.29) is 10.8 Å². The summed E-state index contributed by atoms with van der Waals surface area (Å²) in [4.78, 5) is 17.5. The number of carbonyl (C=O) groups excluding carboxylic acids is 1. The van der Waals surface area contributed by atoms with E-state index >= 15 is 0 Å². The lowest BCUT2D eigenvalue weighted by Crippen LogP contribution is -2.48. The Hall–Kier alpha value is -3.16. The van der Waals surface area contributed by atoms with Crippen LogP contribution in [0.4, 0.5) is 5.69 Å². The van der Waals surface area contributed by atoms with E-state index in [0.717, 1.165) is 19.6 Å². The maximum absolute atomic E-state index is 13.1. The highest BCUT2D eigenvalue weighted by Gasteiger charge is 2.25. The Morgan fingerprint density at radius 3 is 2.12 bits per heavy atom. The predicted octanol–water partition coefficient (Wildman–Crippen LogP) is 3.47. The highest BCUT2D eigenvalue weighted by Crippen LogP contribution is 2.23. The molecule has 0 aromatic heterocycles. The Kier molecular flexibility index (Phi) is 6.58. The number of nitrogens with zero attached hydrogens (tertiary/aromatic N) is 3. The van der Waals surface area contributed by atoms with E-state index in [1.165, 1.54) is 16.9 Å². The zero-order valence-electron chi connectivity index (χ0n) is 18.1. The van der Waals surface area contributed by atoms with Crippen LogP contribution in [0.25, 0.3) is 0 Å². The average molecular weight is 450 g/mol. The van der Waals surface area contributed by atoms with E-state index in [4.69, 9.17) is 0 Å². The molecule has 1 saturated heterocycles. The van der Waals surface area contributed by atoms with E-state index in [1.807, 2.05) is 23.1 Å². The minimum absolute atomic E-state index is 0.0725. The number of anilines is 1. The highest BCUT2D eigenvalue weighted by atomic mass is 32.2. The monoisotopic (exact) mass is 449 g/mol. The standard InChI is InChI=1S/C25H27N3O3S/c1-26(32(30,31)24-13-6-3-7-14-24)23-12-8-11-22(19-23)25(29)28-17-15-27(16-18-28)20-21-9-4-2-5-10-21/h2-14,19H,15-18,20H2,1H3. The van der Waals surface area contributed by atoms with Crippen LogP contribution in [0.1, 0.15) is 15.9 Å². The molecule has 166 valence electrons. The molecule has 1 fully saturated rings. The second kappa shape index (κ2) is 9.54. The first-order chi connectivity index (χ1) is 15.4. The van der Waals surface area contributed by atoms with Crippen molar-refractivity contribution < 1.29 is 13.2 Å². The van der Waals surface area contributed by atoms with Crippen LogP contribution in [-0.2, 0) is 16.6 Å². The summed E-state index contributed by atoms with van der Waals surface area (Å²) in [5, 5.41) is 0. The van der Waals surface area contributed by atoms with Crippen LogP contribution >= 0.6 is 0 Å². The van der Waals surface area contributed by atoms with Gasteiger partial charge in [-0.2, -0.15) is 0 Å². The third-order valence-electron chi connectivity index (χ3n) is 5.77. The van der Waals surface area contributed by atoms with Crippen molar-refractivity contribution in [1.82, 2.24) is 9.80 Å². The molecule has 0 atom stereocenters. The molecule has 0 saturated carbocycles. The van der Waals surface area contributed by atoms with Crippen LogP contribution in [0.2, 0.25) is 0 Å². The highest BCUT2D eigenvalue weighted by molar-refractivity contribution is 7.92. The molecule has 32 heavy (non-hydrogen) atoms. The van der Waals surface area contributed by atoms with Crippen LogP contribution < -0.4 is 4.31 Å². The summed E-state index contributed by atoms with van der Waals surface area (Å²) < 4.78 is 27.1. The topological polar surface area (TPSA) is 60.9 Å². The van der Waals surface area contributed by atoms with Crippen molar-refractivity contribution in [3.8, 4) is 0 Å². The summed E-state index contributed by atoms with van der Waals surface area (Å²) in [5.74, 6) is -0.0725. The third-order valence-corrected chi connectivity index (χ3v) is 7.57. The van der Waals surface area contributed by atoms with Gasteiger partial charge in [0.2, 0.25) is 0 Å². The van der Waals surface area contributed by atoms with Crippen molar-refractivity contribution in [3.05, 3.63) is 96.1 Å². The molecule has 0 unspecified atom stereocenters. The lowest BCUT2D eigenvalue weighted by atomic mass is 10.1. The lowest BCUT2D eigenvalue weighted by molar-refractivity contribution is 0.0628. The van der Waals surface area contributed by atoms with Crippen molar-refractivity contribution in [3.63, 3.8) is 0 Å². The summed E-state index contributed by atoms with van der Waals surface area (Å²) in [6.07, 6.45) is 0. The second-order valence-corrected chi connectivity index (χ2v) is 9.86. The van der Waals surface area contributed by atoms with Gasteiger partial charge in [-0.15, -0.1) is 0 Å². The molecule has 1 amide bonds. The van der Waals surface area contributed by atoms with Gasteiger partial charge in [0, 0.05) is 45.3 Å². The molecule has 7 heteroatoms. The molecule has 0 spiro atoms. The Morgan fingerprint density at radius 1 is 0.844 bits per heavy atom. The molecular formula is C25H27N3O3S. The van der Waals surface area contributed by atoms with Gasteiger partial charge in [0.15, 0.2) is 0 Å². The van der Waals surface area contributed by atoms with E-state index in [9.17, 15) is 13.2 Å². The van der Waals surface area contributed by atoms with Gasteiger partial charge in [0.25, 0.3) is 15.9 Å². The molecule has 1 heterocycles. The number of sulfonamides is 1. The van der Waals surface area contributed by atoms with Gasteiger partial charge in [0.1, 0.15) is 0 Å². The lowest BCUT2D eigenvalue weighted by Gasteiger charge is -2.35. The normalized spacial score (nSPS) is 14.8. The maximum atomic E-state index is 13.1. The Labute approximate surface area is 189 Å². The summed E-state index contributed by atoms with van der Waals surface area (Å²) in [6, 6.07) is 25.4. The summed E-state index contributed by atoms with van der Waals surface area (Å²) in [5.41, 5.74) is 2.22. The first kappa shape index (κ1) is 22.0. The van der Waals surface area contributed by atoms with Gasteiger partial charge in [-0.25, -0.2) is 8.42 Å². The van der Waals surface area contributed by atoms with Gasteiger partial charge < -0.3 is 4.90 Å². The average Bonchev–Trinajstić information content (AvgIpc) is 2.85. The third kappa shape index (κ3) is 4.84. The van der Waals surface area contributed by atoms with Gasteiger partial charge in [0.05, 0.1) is 10.6 Å². The summed E-state index contributed by atoms with van der Waals surface area (Å²) in [6.45, 7) is 3.79. The molecule has 0 aliphatic carbocycles. The van der Waals surface area contributed by atoms with E-state index in [1.54, 1.807) is 54.6 Å². The predicted molar refractivity (Wildman–Crippen MR) is 126 cm³/mol. The molecule has 0 bridgehead atoms. The number of hydrogen-bond donors (Lipinski definition) is 0. The number of benzene rings is 3. The van der Waals surface area contributed by atoms with Crippen LogP contribution in [0.15, 0.2) is 89.8 Å². The van der Waals surface area contributed by atoms with Crippen LogP contribution in [0.3, 0.4) is 0 Å². The Morgan fingerprint density at radius 2 is 1.47 bits per heavy atom. The largest absolute Gasteiger partial charge is 0.336 e. The Balaban J connectivity index is 1.43. The number of hydrogen-bond acceptors (Lipinski definition) is 4. The number of carbonyl (C=O) groups is 1. The summed E-state index contributed by atoms with van der Waals surface area (Å²) >= 11 is 0. The molecule has 6 nitrogen and oxygen atoms in total. The molecule has 4 rings (SSSR count). The van der Waals surface area contributed by atoms with Crippen LogP contribution in [0.5, 0.6) is 0 Å². The fourth-order valence-electron chi connectivity index (χ4n) is 3.86. The SMILES string of the molecule is CN(c1cccc(C(=O)N2CCN(Cc3ccccc3)CC2)c1)S(=O)(=O)c1ccccc1. The van der Waals surface area contributed by atoms with Crippen molar-refractivity contribution in [1.29, 1.82) is 0 Å². The molecule has 1 aliphatic rings. The Bertz CT molecular complexity index is 1160. The fourth-order valence-corrected chi connectivity index (χ4v) is 5.07. The first-order valence-electron chi connectivity index (χ1n) is 10.6. The van der Waals surface area contributed by atoms with E-state index in [2.05, 4.69) is 17.0 Å². The van der Waals surface area contributed by atoms with Crippen molar-refractivity contribution in [2.45, 2.75) is 11.4 Å². The van der Waals surface area contributed by atoms with Gasteiger partial charge in [-0.3, -0.25) is 14.0 Å². The smallest absolute Gasteiger partial charge is 0.264 e. The van der Waals surface area contributed by atoms with Crippen LogP contribution in [0, 0.1) is 0 Å². The van der Waals surface area contributed by atoms with Gasteiger partial charge in [-0.1, -0.05) is 54.6 Å². The molecule has 1 aliphatic heterocycles. The minimum atomic E-state index is -3.69. The van der Waals surface area contributed by atoms with E-state index < -0.39 is 10.0 Å². The van der Waals surface area contributed by atoms with Crippen molar-refractivity contribution in [2.24, 2.45) is 0 Å². The zero-order chi connectivity index (χ0) is 22.6. The van der Waals surface area contributed by atoms with Crippen molar-refractivity contribution in [2.75, 3.05) is 37.5 Å². The molecule has 3 aromatic rings. The molecule has 0 radical (unpaired) electrons. The zero-order valence-corrected chi connectivity index (χ0v) is 18.9. The quantitative estimate of drug-likeness (QED) is 0.578. The fraction of sp³-hybridized carbons (Fsp3) is 0.240. The van der Waals surface area contributed by atoms with Gasteiger partial charge >= 0.3 is 0 Å². The molecular weight excluding hydrogens is 422 g/mol. The van der Waals surface area contributed by atoms with E-state index in [0.29, 0.717) is 24.3 Å². The number of rotatable bonds is 6. The summed E-state index contributed by atoms with van der Waals surface area (Å²) in [7, 11) is -2.19. The van der Waals surface area contributed by atoms with Gasteiger partial charge in [-0.05, 0) is 35.9 Å². The minimum Gasteiger partial charge on any atom is -0.336 e. The second-order valence-electron chi connectivity index (χ2n) is 7.89. The first-order valence-corrected chi connectivity index (χ1v) is 12.1. The van der Waals surface area contributed by atoms with Crippen molar-refractivity contribution >= 4 is 21.6 Å². The maximum Gasteiger partial charge on any atom is 0.264 e. The number of amides is 1. The molecule has 0 N–H and O–H groups in total. The van der Waals surface area contributed by atoms with Crippen LogP contribution in [-0.4, -0.2) is 57.4 Å². The number of piperazine rings is 1.